The topological polar surface area (TPSA) is 69.6 Å². The van der Waals surface area contributed by atoms with Crippen LogP contribution >= 0.6 is 0 Å². The van der Waals surface area contributed by atoms with E-state index in [-0.39, 0.29) is 24.8 Å². The number of aliphatic hydroxyl groups excluding tert-OH is 1. The molecule has 0 unspecified atom stereocenters. The molecule has 0 bridgehead atoms. The highest BCUT2D eigenvalue weighted by Gasteiger charge is 2.09. The van der Waals surface area contributed by atoms with Gasteiger partial charge in [0.15, 0.2) is 0 Å². The standard InChI is InChI=1S/C11H15NO3/c1-7-5-9(6-8(2)10(7)14)11(15)12-3-4-13/h5-6,13-14H,3-4H2,1-2H3,(H,12,15). The zero-order chi connectivity index (χ0) is 11.4. The number of rotatable bonds is 3. The molecule has 0 aliphatic heterocycles. The largest absolute Gasteiger partial charge is 0.507 e. The van der Waals surface area contributed by atoms with Crippen LogP contribution in [0.25, 0.3) is 0 Å². The van der Waals surface area contributed by atoms with Gasteiger partial charge in [-0.2, -0.15) is 0 Å². The third-order valence-corrected chi connectivity index (χ3v) is 2.15. The number of benzene rings is 1. The van der Waals surface area contributed by atoms with E-state index in [1.807, 2.05) is 0 Å². The molecule has 1 aromatic carbocycles. The Hall–Kier alpha value is -1.55. The van der Waals surface area contributed by atoms with E-state index in [1.165, 1.54) is 0 Å². The van der Waals surface area contributed by atoms with Crippen LogP contribution in [0.3, 0.4) is 0 Å². The molecule has 4 nitrogen and oxygen atoms in total. The molecule has 0 atom stereocenters. The number of aryl methyl sites for hydroxylation is 2. The highest BCUT2D eigenvalue weighted by atomic mass is 16.3. The van der Waals surface area contributed by atoms with E-state index < -0.39 is 0 Å². The van der Waals surface area contributed by atoms with Crippen molar-refractivity contribution >= 4 is 5.91 Å². The van der Waals surface area contributed by atoms with Gasteiger partial charge in [0.05, 0.1) is 6.61 Å². The smallest absolute Gasteiger partial charge is 0.251 e. The van der Waals surface area contributed by atoms with Crippen LogP contribution in [-0.4, -0.2) is 29.3 Å². The van der Waals surface area contributed by atoms with Gasteiger partial charge >= 0.3 is 0 Å². The first-order valence-electron chi connectivity index (χ1n) is 4.75. The molecule has 0 aliphatic rings. The summed E-state index contributed by atoms with van der Waals surface area (Å²) >= 11 is 0. The van der Waals surface area contributed by atoms with Gasteiger partial charge < -0.3 is 15.5 Å². The zero-order valence-electron chi connectivity index (χ0n) is 8.87. The summed E-state index contributed by atoms with van der Waals surface area (Å²) in [6.07, 6.45) is 0. The minimum Gasteiger partial charge on any atom is -0.507 e. The second-order valence-electron chi connectivity index (χ2n) is 3.44. The first kappa shape index (κ1) is 11.5. The lowest BCUT2D eigenvalue weighted by molar-refractivity contribution is 0.0944. The summed E-state index contributed by atoms with van der Waals surface area (Å²) in [4.78, 5) is 11.5. The van der Waals surface area contributed by atoms with Gasteiger partial charge in [-0.1, -0.05) is 0 Å². The van der Waals surface area contributed by atoms with E-state index >= 15 is 0 Å². The van der Waals surface area contributed by atoms with Gasteiger partial charge in [0, 0.05) is 12.1 Å². The number of carbonyl (C=O) groups excluding carboxylic acids is 1. The molecule has 0 heterocycles. The number of nitrogens with one attached hydrogen (secondary N) is 1. The maximum atomic E-state index is 11.5. The van der Waals surface area contributed by atoms with Crippen LogP contribution in [0.1, 0.15) is 21.5 Å². The minimum atomic E-state index is -0.241. The fourth-order valence-corrected chi connectivity index (χ4v) is 1.36. The Balaban J connectivity index is 2.91. The molecule has 0 aromatic heterocycles. The lowest BCUT2D eigenvalue weighted by Crippen LogP contribution is -2.26. The highest BCUT2D eigenvalue weighted by molar-refractivity contribution is 5.94. The van der Waals surface area contributed by atoms with Crippen LogP contribution in [-0.2, 0) is 0 Å². The Morgan fingerprint density at radius 3 is 2.33 bits per heavy atom. The summed E-state index contributed by atoms with van der Waals surface area (Å²) < 4.78 is 0. The second kappa shape index (κ2) is 4.79. The molecule has 0 fully saturated rings. The Morgan fingerprint density at radius 1 is 1.33 bits per heavy atom. The van der Waals surface area contributed by atoms with Crippen molar-refractivity contribution in [1.82, 2.24) is 5.32 Å². The molecule has 0 spiro atoms. The minimum absolute atomic E-state index is 0.0816. The Kier molecular flexibility index (Phi) is 3.68. The van der Waals surface area contributed by atoms with E-state index in [4.69, 9.17) is 5.11 Å². The fourth-order valence-electron chi connectivity index (χ4n) is 1.36. The van der Waals surface area contributed by atoms with Crippen LogP contribution in [0, 0.1) is 13.8 Å². The maximum absolute atomic E-state index is 11.5. The fraction of sp³-hybridized carbons (Fsp3) is 0.364. The van der Waals surface area contributed by atoms with Gasteiger partial charge in [-0.15, -0.1) is 0 Å². The van der Waals surface area contributed by atoms with E-state index in [2.05, 4.69) is 5.32 Å². The molecule has 1 rings (SSSR count). The van der Waals surface area contributed by atoms with Gasteiger partial charge in [-0.3, -0.25) is 4.79 Å². The van der Waals surface area contributed by atoms with E-state index in [9.17, 15) is 9.90 Å². The Morgan fingerprint density at radius 2 is 1.87 bits per heavy atom. The lowest BCUT2D eigenvalue weighted by Gasteiger charge is -2.07. The number of amides is 1. The molecule has 0 radical (unpaired) electrons. The zero-order valence-corrected chi connectivity index (χ0v) is 8.87. The van der Waals surface area contributed by atoms with E-state index in [0.29, 0.717) is 16.7 Å². The van der Waals surface area contributed by atoms with Crippen LogP contribution in [0.15, 0.2) is 12.1 Å². The third-order valence-electron chi connectivity index (χ3n) is 2.15. The van der Waals surface area contributed by atoms with Crippen molar-refractivity contribution in [3.05, 3.63) is 28.8 Å². The summed E-state index contributed by atoms with van der Waals surface area (Å²) in [6.45, 7) is 3.63. The monoisotopic (exact) mass is 209 g/mol. The van der Waals surface area contributed by atoms with Crippen LogP contribution in [0.2, 0.25) is 0 Å². The summed E-state index contributed by atoms with van der Waals surface area (Å²) in [6, 6.07) is 3.24. The van der Waals surface area contributed by atoms with Gasteiger partial charge in [0.2, 0.25) is 0 Å². The quantitative estimate of drug-likeness (QED) is 0.687. The highest BCUT2D eigenvalue weighted by Crippen LogP contribution is 2.22. The van der Waals surface area contributed by atoms with Crippen molar-refractivity contribution in [1.29, 1.82) is 0 Å². The van der Waals surface area contributed by atoms with Crippen LogP contribution < -0.4 is 5.32 Å². The van der Waals surface area contributed by atoms with Crippen molar-refractivity contribution < 1.29 is 15.0 Å². The molecule has 3 N–H and O–H groups in total. The summed E-state index contributed by atoms with van der Waals surface area (Å²) in [5.41, 5.74) is 1.84. The summed E-state index contributed by atoms with van der Waals surface area (Å²) in [7, 11) is 0. The van der Waals surface area contributed by atoms with Gasteiger partial charge in [0.25, 0.3) is 5.91 Å². The molecule has 1 amide bonds. The van der Waals surface area contributed by atoms with Crippen molar-refractivity contribution in [3.8, 4) is 5.75 Å². The summed E-state index contributed by atoms with van der Waals surface area (Å²) in [5.74, 6) is -0.0241. The number of carbonyl (C=O) groups is 1. The molecule has 0 saturated carbocycles. The molecule has 0 aliphatic carbocycles. The normalized spacial score (nSPS) is 10.1. The Bertz CT molecular complexity index is 351. The van der Waals surface area contributed by atoms with Crippen molar-refractivity contribution in [2.24, 2.45) is 0 Å². The number of hydrogen-bond acceptors (Lipinski definition) is 3. The van der Waals surface area contributed by atoms with Crippen molar-refractivity contribution in [3.63, 3.8) is 0 Å². The number of aliphatic hydroxyl groups is 1. The second-order valence-corrected chi connectivity index (χ2v) is 3.44. The predicted molar refractivity (Wildman–Crippen MR) is 57.0 cm³/mol. The van der Waals surface area contributed by atoms with Gasteiger partial charge in [0.1, 0.15) is 5.75 Å². The van der Waals surface area contributed by atoms with Crippen LogP contribution in [0.4, 0.5) is 0 Å². The van der Waals surface area contributed by atoms with Crippen LogP contribution in [0.5, 0.6) is 5.75 Å². The molecule has 0 saturated heterocycles. The summed E-state index contributed by atoms with van der Waals surface area (Å²) in [5, 5.41) is 20.6. The predicted octanol–water partition coefficient (Wildman–Crippen LogP) is 0.731. The molecule has 82 valence electrons. The molecular weight excluding hydrogens is 194 g/mol. The van der Waals surface area contributed by atoms with Crippen molar-refractivity contribution in [2.75, 3.05) is 13.2 Å². The molecule has 4 heteroatoms. The average molecular weight is 209 g/mol. The number of phenolic OH excluding ortho intramolecular Hbond substituents is 1. The molecule has 15 heavy (non-hydrogen) atoms. The van der Waals surface area contributed by atoms with E-state index in [0.717, 1.165) is 0 Å². The first-order chi connectivity index (χ1) is 7.06. The molecule has 1 aromatic rings. The Labute approximate surface area is 88.6 Å². The van der Waals surface area contributed by atoms with Gasteiger partial charge in [-0.05, 0) is 37.1 Å². The lowest BCUT2D eigenvalue weighted by atomic mass is 10.1. The third kappa shape index (κ3) is 2.70. The number of aromatic hydroxyl groups is 1. The number of hydrogen-bond donors (Lipinski definition) is 3. The van der Waals surface area contributed by atoms with Gasteiger partial charge in [-0.25, -0.2) is 0 Å². The SMILES string of the molecule is Cc1cc(C(=O)NCCO)cc(C)c1O. The van der Waals surface area contributed by atoms with E-state index in [1.54, 1.807) is 26.0 Å². The van der Waals surface area contributed by atoms with Crippen molar-refractivity contribution in [2.45, 2.75) is 13.8 Å². The number of phenols is 1. The average Bonchev–Trinajstić information content (AvgIpc) is 2.21. The first-order valence-corrected chi connectivity index (χ1v) is 4.75. The molecular formula is C11H15NO3. The maximum Gasteiger partial charge on any atom is 0.251 e.